The number of fused-ring (bicyclic) bond motifs is 6. The quantitative estimate of drug-likeness (QED) is 0.189. The highest BCUT2D eigenvalue weighted by Gasteiger charge is 2.57. The second-order valence-electron chi connectivity index (χ2n) is 13.3. The Morgan fingerprint density at radius 2 is 1.07 bits per heavy atom. The first-order valence-corrected chi connectivity index (χ1v) is 14.2. The predicted molar refractivity (Wildman–Crippen MR) is 155 cm³/mol. The number of nitrogens with one attached hydrogen (secondary N) is 2. The summed E-state index contributed by atoms with van der Waals surface area (Å²) in [5.74, 6) is 2.59. The molecule has 0 radical (unpaired) electrons. The Hall–Kier alpha value is -5.00. The van der Waals surface area contributed by atoms with Crippen molar-refractivity contribution in [2.45, 2.75) is 70.6 Å². The number of aromatic amines is 2. The van der Waals surface area contributed by atoms with Crippen molar-refractivity contribution in [1.29, 1.82) is 0 Å². The molecule has 0 saturated heterocycles. The number of rotatable bonds is 2. The summed E-state index contributed by atoms with van der Waals surface area (Å²) in [5.41, 5.74) is 6.59. The van der Waals surface area contributed by atoms with Crippen molar-refractivity contribution in [1.82, 2.24) is 41.2 Å². The average molecular weight is 579 g/mol. The molecule has 4 N–H and O–H groups in total. The number of hydrogen-bond donors (Lipinski definition) is 4. The first-order chi connectivity index (χ1) is 20.4. The first kappa shape index (κ1) is 25.7. The topological polar surface area (TPSA) is 168 Å². The molecule has 3 aliphatic rings. The zero-order valence-corrected chi connectivity index (χ0v) is 24.6. The molecule has 0 bridgehead atoms. The van der Waals surface area contributed by atoms with E-state index in [9.17, 15) is 10.2 Å². The molecular formula is C31H30N8O4. The van der Waals surface area contributed by atoms with Crippen molar-refractivity contribution in [2.24, 2.45) is 0 Å². The molecule has 2 aliphatic carbocycles. The van der Waals surface area contributed by atoms with Crippen molar-refractivity contribution in [3.8, 4) is 57.3 Å². The van der Waals surface area contributed by atoms with Gasteiger partial charge in [-0.25, -0.2) is 0 Å². The lowest BCUT2D eigenvalue weighted by Gasteiger charge is -2.31. The normalized spacial score (nSPS) is 20.2. The standard InChI is InChI=1S/C31H30N8O4/c1-13-14(2)24(28-34-38-39-35-28)26-25(23(13)27-32-36-37-33-27)42-21-9-16-18(10-22(21)43-26)31(12-30(16,5)6)11-29(3,4)15-7-19(40)20(41)8-17(15)31/h7-10,40-41H,11-12H2,1-6H3,(H,32,33,36,37)(H,34,35,38,39). The van der Waals surface area contributed by atoms with Crippen LogP contribution in [0.1, 0.15) is 73.9 Å². The number of nitrogens with zero attached hydrogens (tertiary/aromatic N) is 6. The maximum atomic E-state index is 10.6. The van der Waals surface area contributed by atoms with Gasteiger partial charge >= 0.3 is 0 Å². The van der Waals surface area contributed by atoms with E-state index in [2.05, 4.69) is 81.1 Å². The minimum atomic E-state index is -0.392. The second kappa shape index (κ2) is 8.09. The van der Waals surface area contributed by atoms with Crippen LogP contribution >= 0.6 is 0 Å². The summed E-state index contributed by atoms with van der Waals surface area (Å²) in [4.78, 5) is 0. The van der Waals surface area contributed by atoms with Crippen molar-refractivity contribution in [3.63, 3.8) is 0 Å². The van der Waals surface area contributed by atoms with E-state index in [1.54, 1.807) is 12.1 Å². The number of phenols is 2. The van der Waals surface area contributed by atoms with E-state index < -0.39 is 5.41 Å². The molecule has 43 heavy (non-hydrogen) atoms. The highest BCUT2D eigenvalue weighted by atomic mass is 16.6. The molecule has 1 atom stereocenters. The maximum Gasteiger partial charge on any atom is 0.208 e. The number of aromatic hydroxyl groups is 2. The number of H-pyrrole nitrogens is 2. The molecule has 5 aromatic rings. The Labute approximate surface area is 246 Å². The Balaban J connectivity index is 1.37. The minimum absolute atomic E-state index is 0.0998. The van der Waals surface area contributed by atoms with Crippen molar-refractivity contribution in [2.75, 3.05) is 0 Å². The average Bonchev–Trinajstić information content (AvgIpc) is 3.73. The molecule has 0 fully saturated rings. The summed E-state index contributed by atoms with van der Waals surface area (Å²) >= 11 is 0. The summed E-state index contributed by atoms with van der Waals surface area (Å²) in [6.07, 6.45) is 1.64. The molecule has 12 nitrogen and oxygen atoms in total. The number of ether oxygens (including phenoxy) is 2. The van der Waals surface area contributed by atoms with Crippen molar-refractivity contribution >= 4 is 0 Å². The fourth-order valence-electron chi connectivity index (χ4n) is 7.93. The van der Waals surface area contributed by atoms with E-state index in [0.717, 1.165) is 46.2 Å². The molecule has 1 unspecified atom stereocenters. The summed E-state index contributed by atoms with van der Waals surface area (Å²) in [6.45, 7) is 12.8. The van der Waals surface area contributed by atoms with Gasteiger partial charge in [0.15, 0.2) is 34.5 Å². The van der Waals surface area contributed by atoms with Crippen LogP contribution in [0.4, 0.5) is 0 Å². The largest absolute Gasteiger partial charge is 0.504 e. The molecule has 2 aromatic heterocycles. The zero-order chi connectivity index (χ0) is 30.1. The van der Waals surface area contributed by atoms with Crippen LogP contribution in [-0.2, 0) is 16.2 Å². The van der Waals surface area contributed by atoms with Gasteiger partial charge in [0.2, 0.25) is 11.6 Å². The molecule has 1 aliphatic heterocycles. The van der Waals surface area contributed by atoms with Crippen LogP contribution in [-0.4, -0.2) is 51.5 Å². The van der Waals surface area contributed by atoms with Gasteiger partial charge < -0.3 is 19.7 Å². The zero-order valence-electron chi connectivity index (χ0n) is 24.6. The number of aromatic nitrogens is 8. The predicted octanol–water partition coefficient (Wildman–Crippen LogP) is 5.62. The van der Waals surface area contributed by atoms with Gasteiger partial charge in [-0.2, -0.15) is 10.4 Å². The fourth-order valence-corrected chi connectivity index (χ4v) is 7.93. The molecule has 1 spiro atoms. The van der Waals surface area contributed by atoms with E-state index in [1.165, 1.54) is 0 Å². The van der Waals surface area contributed by atoms with E-state index in [-0.39, 0.29) is 22.3 Å². The number of tetrazole rings is 2. The molecule has 0 amide bonds. The Bertz CT molecular complexity index is 1980. The van der Waals surface area contributed by atoms with Gasteiger partial charge in [-0.1, -0.05) is 27.7 Å². The van der Waals surface area contributed by atoms with E-state index >= 15 is 0 Å². The number of phenolic OH excluding ortho intramolecular Hbond substituents is 2. The molecule has 12 heteroatoms. The van der Waals surface area contributed by atoms with Crippen LogP contribution in [0.5, 0.6) is 34.5 Å². The van der Waals surface area contributed by atoms with Crippen molar-refractivity contribution in [3.05, 3.63) is 57.6 Å². The van der Waals surface area contributed by atoms with Gasteiger partial charge in [0.1, 0.15) is 0 Å². The van der Waals surface area contributed by atoms with E-state index in [0.29, 0.717) is 45.8 Å². The van der Waals surface area contributed by atoms with E-state index in [1.807, 2.05) is 13.8 Å². The van der Waals surface area contributed by atoms with Crippen LogP contribution in [0.3, 0.4) is 0 Å². The van der Waals surface area contributed by atoms with Crippen LogP contribution in [0.15, 0.2) is 24.3 Å². The first-order valence-electron chi connectivity index (χ1n) is 14.2. The van der Waals surface area contributed by atoms with Gasteiger partial charge in [0.25, 0.3) is 0 Å². The van der Waals surface area contributed by atoms with Crippen LogP contribution in [0.25, 0.3) is 22.8 Å². The SMILES string of the molecule is Cc1c(C)c(-c2nn[nH]n2)c2c(c1-c1nn[nH]n1)Oc1cc3c(cc1O2)C1(CC(C)(C)c2cc(O)c(O)cc21)CC3(C)C. The van der Waals surface area contributed by atoms with Crippen LogP contribution in [0, 0.1) is 13.8 Å². The highest BCUT2D eigenvalue weighted by molar-refractivity contribution is 5.86. The molecule has 0 saturated carbocycles. The lowest BCUT2D eigenvalue weighted by molar-refractivity contribution is 0.348. The Kier molecular flexibility index (Phi) is 4.83. The molecule has 3 heterocycles. The number of hydrogen-bond acceptors (Lipinski definition) is 10. The Morgan fingerprint density at radius 1 is 0.651 bits per heavy atom. The highest BCUT2D eigenvalue weighted by Crippen LogP contribution is 2.66. The molecule has 218 valence electrons. The van der Waals surface area contributed by atoms with Crippen LogP contribution < -0.4 is 9.47 Å². The fraction of sp³-hybridized carbons (Fsp3) is 0.355. The molecule has 8 rings (SSSR count). The molecular weight excluding hydrogens is 548 g/mol. The summed E-state index contributed by atoms with van der Waals surface area (Å²) in [5, 5.41) is 50.7. The monoisotopic (exact) mass is 578 g/mol. The lowest BCUT2D eigenvalue weighted by atomic mass is 9.72. The summed E-state index contributed by atoms with van der Waals surface area (Å²) < 4.78 is 13.5. The van der Waals surface area contributed by atoms with Gasteiger partial charge in [0.05, 0.1) is 11.1 Å². The minimum Gasteiger partial charge on any atom is -0.504 e. The van der Waals surface area contributed by atoms with Gasteiger partial charge in [-0.15, -0.1) is 20.4 Å². The second-order valence-corrected chi connectivity index (χ2v) is 13.3. The smallest absolute Gasteiger partial charge is 0.208 e. The Morgan fingerprint density at radius 3 is 1.53 bits per heavy atom. The van der Waals surface area contributed by atoms with E-state index in [4.69, 9.17) is 9.47 Å². The molecule has 3 aromatic carbocycles. The summed E-state index contributed by atoms with van der Waals surface area (Å²) in [7, 11) is 0. The third kappa shape index (κ3) is 3.31. The summed E-state index contributed by atoms with van der Waals surface area (Å²) in [6, 6.07) is 7.63. The van der Waals surface area contributed by atoms with Crippen LogP contribution in [0.2, 0.25) is 0 Å². The lowest BCUT2D eigenvalue weighted by Crippen LogP contribution is -2.27. The third-order valence-electron chi connectivity index (χ3n) is 9.71. The van der Waals surface area contributed by atoms with Gasteiger partial charge in [-0.3, -0.25) is 0 Å². The van der Waals surface area contributed by atoms with Gasteiger partial charge in [-0.05, 0) is 106 Å². The third-order valence-corrected chi connectivity index (χ3v) is 9.71. The number of benzene rings is 3. The van der Waals surface area contributed by atoms with Gasteiger partial charge in [0, 0.05) is 5.41 Å². The van der Waals surface area contributed by atoms with Crippen molar-refractivity contribution < 1.29 is 19.7 Å². The maximum absolute atomic E-state index is 10.6.